The smallest absolute Gasteiger partial charge is 0.0188 e. The Morgan fingerprint density at radius 3 is 1.54 bits per heavy atom. The van der Waals surface area contributed by atoms with Gasteiger partial charge in [0.25, 0.3) is 0 Å². The van der Waals surface area contributed by atoms with E-state index >= 15 is 0 Å². The van der Waals surface area contributed by atoms with Crippen LogP contribution in [0.1, 0.15) is 11.1 Å². The number of hydrogen-bond acceptors (Lipinski definition) is 0. The van der Waals surface area contributed by atoms with Crippen LogP contribution in [0.25, 0.3) is 0 Å². The molecule has 0 heterocycles. The van der Waals surface area contributed by atoms with E-state index in [2.05, 4.69) is 109 Å². The van der Waals surface area contributed by atoms with Crippen LogP contribution < -0.4 is 0 Å². The lowest BCUT2D eigenvalue weighted by atomic mass is 9.60. The van der Waals surface area contributed by atoms with Gasteiger partial charge in [0.05, 0.1) is 0 Å². The van der Waals surface area contributed by atoms with Gasteiger partial charge in [0.2, 0.25) is 0 Å². The van der Waals surface area contributed by atoms with Gasteiger partial charge in [0, 0.05) is 17.3 Å². The highest BCUT2D eigenvalue weighted by Gasteiger charge is 2.44. The first-order chi connectivity index (χ1) is 11.9. The molecule has 0 heteroatoms. The molecular formula is C24H22. The number of allylic oxidation sites excluding steroid dienone is 8. The molecule has 0 nitrogen and oxygen atoms in total. The van der Waals surface area contributed by atoms with E-state index in [4.69, 9.17) is 0 Å². The largest absolute Gasteiger partial charge is 0.0767 e. The molecule has 2 aliphatic rings. The molecule has 0 atom stereocenters. The molecule has 0 N–H and O–H groups in total. The first kappa shape index (κ1) is 15.0. The van der Waals surface area contributed by atoms with Crippen molar-refractivity contribution in [3.63, 3.8) is 0 Å². The molecule has 0 saturated heterocycles. The van der Waals surface area contributed by atoms with Crippen molar-refractivity contribution in [3.8, 4) is 0 Å². The monoisotopic (exact) mass is 310 g/mol. The van der Waals surface area contributed by atoms with Crippen molar-refractivity contribution in [2.75, 3.05) is 0 Å². The maximum absolute atomic E-state index is 2.36. The van der Waals surface area contributed by atoms with Crippen LogP contribution >= 0.6 is 0 Å². The Morgan fingerprint density at radius 1 is 0.583 bits per heavy atom. The van der Waals surface area contributed by atoms with E-state index in [1.54, 1.807) is 0 Å². The van der Waals surface area contributed by atoms with Gasteiger partial charge in [-0.2, -0.15) is 0 Å². The molecular weight excluding hydrogens is 288 g/mol. The fraction of sp³-hybridized carbons (Fsp3) is 0.167. The molecule has 0 amide bonds. The summed E-state index contributed by atoms with van der Waals surface area (Å²) in [6, 6.07) is 21.9. The lowest BCUT2D eigenvalue weighted by molar-refractivity contribution is 0.307. The molecule has 0 fully saturated rings. The van der Waals surface area contributed by atoms with Gasteiger partial charge in [-0.1, -0.05) is 109 Å². The Morgan fingerprint density at radius 2 is 1.04 bits per heavy atom. The lowest BCUT2D eigenvalue weighted by Crippen LogP contribution is -2.41. The van der Waals surface area contributed by atoms with Gasteiger partial charge in [-0.3, -0.25) is 0 Å². The molecule has 2 aromatic carbocycles. The van der Waals surface area contributed by atoms with Gasteiger partial charge in [-0.25, -0.2) is 0 Å². The summed E-state index contributed by atoms with van der Waals surface area (Å²) in [6.45, 7) is 0. The summed E-state index contributed by atoms with van der Waals surface area (Å²) in [4.78, 5) is 0. The summed E-state index contributed by atoms with van der Waals surface area (Å²) >= 11 is 0. The minimum Gasteiger partial charge on any atom is -0.0767 e. The van der Waals surface area contributed by atoms with Crippen LogP contribution in [0.2, 0.25) is 0 Å². The van der Waals surface area contributed by atoms with Gasteiger partial charge >= 0.3 is 0 Å². The molecule has 0 spiro atoms. The molecule has 0 saturated carbocycles. The van der Waals surface area contributed by atoms with Crippen molar-refractivity contribution in [1.82, 2.24) is 0 Å². The van der Waals surface area contributed by atoms with Crippen molar-refractivity contribution < 1.29 is 0 Å². The van der Waals surface area contributed by atoms with Crippen molar-refractivity contribution in [2.24, 2.45) is 11.8 Å². The fourth-order valence-electron chi connectivity index (χ4n) is 4.18. The van der Waals surface area contributed by atoms with E-state index in [9.17, 15) is 0 Å². The molecule has 0 aliphatic heterocycles. The number of hydrogen-bond donors (Lipinski definition) is 0. The van der Waals surface area contributed by atoms with Crippen LogP contribution in [0.15, 0.2) is 109 Å². The zero-order valence-electron chi connectivity index (χ0n) is 13.8. The average Bonchev–Trinajstić information content (AvgIpc) is 3.36. The third-order valence-electron chi connectivity index (χ3n) is 5.34. The Balaban J connectivity index is 1.88. The van der Waals surface area contributed by atoms with Gasteiger partial charge in [-0.05, 0) is 17.5 Å². The maximum Gasteiger partial charge on any atom is 0.0188 e. The zero-order valence-corrected chi connectivity index (χ0v) is 13.8. The second kappa shape index (κ2) is 6.49. The van der Waals surface area contributed by atoms with Crippen LogP contribution in [-0.2, 0) is 11.8 Å². The van der Waals surface area contributed by atoms with E-state index in [1.807, 2.05) is 0 Å². The minimum absolute atomic E-state index is 0.00954. The van der Waals surface area contributed by atoms with Gasteiger partial charge in [0.1, 0.15) is 0 Å². The Bertz CT molecular complexity index is 738. The van der Waals surface area contributed by atoms with Crippen molar-refractivity contribution in [2.45, 2.75) is 11.8 Å². The summed E-state index contributed by atoms with van der Waals surface area (Å²) in [5.74, 6) is 0.801. The second-order valence-corrected chi connectivity index (χ2v) is 6.66. The predicted octanol–water partition coefficient (Wildman–Crippen LogP) is 5.65. The van der Waals surface area contributed by atoms with E-state index in [0.29, 0.717) is 11.8 Å². The van der Waals surface area contributed by atoms with Gasteiger partial charge in [-0.15, -0.1) is 0 Å². The zero-order chi connectivity index (χ0) is 16.2. The lowest BCUT2D eigenvalue weighted by Gasteiger charge is -2.42. The predicted molar refractivity (Wildman–Crippen MR) is 102 cm³/mol. The summed E-state index contributed by atoms with van der Waals surface area (Å²) in [7, 11) is 0. The quantitative estimate of drug-likeness (QED) is 0.669. The van der Waals surface area contributed by atoms with E-state index in [1.165, 1.54) is 11.1 Å². The number of benzene rings is 2. The van der Waals surface area contributed by atoms with Crippen LogP contribution in [0.4, 0.5) is 0 Å². The highest BCUT2D eigenvalue weighted by Crippen LogP contribution is 2.47. The Hall–Kier alpha value is -2.60. The van der Waals surface area contributed by atoms with Crippen LogP contribution in [0.3, 0.4) is 0 Å². The minimum atomic E-state index is 0.00954. The van der Waals surface area contributed by atoms with Crippen molar-refractivity contribution in [3.05, 3.63) is 120 Å². The van der Waals surface area contributed by atoms with E-state index in [-0.39, 0.29) is 5.41 Å². The third-order valence-corrected chi connectivity index (χ3v) is 5.34. The highest BCUT2D eigenvalue weighted by molar-refractivity contribution is 5.42. The van der Waals surface area contributed by atoms with Crippen molar-refractivity contribution >= 4 is 0 Å². The van der Waals surface area contributed by atoms with Gasteiger partial charge in [0.15, 0.2) is 0 Å². The van der Waals surface area contributed by atoms with Crippen LogP contribution in [-0.4, -0.2) is 0 Å². The number of rotatable bonds is 5. The van der Waals surface area contributed by atoms with E-state index < -0.39 is 0 Å². The fourth-order valence-corrected chi connectivity index (χ4v) is 4.18. The summed E-state index contributed by atoms with van der Waals surface area (Å²) in [5, 5.41) is 0. The molecule has 0 bridgehead atoms. The highest BCUT2D eigenvalue weighted by atomic mass is 14.5. The third kappa shape index (κ3) is 2.59. The molecule has 4 rings (SSSR count). The second-order valence-electron chi connectivity index (χ2n) is 6.66. The molecule has 0 aromatic heterocycles. The Kier molecular flexibility index (Phi) is 4.04. The van der Waals surface area contributed by atoms with Gasteiger partial charge < -0.3 is 0 Å². The molecule has 0 unspecified atom stereocenters. The normalized spacial score (nSPS) is 17.2. The summed E-state index contributed by atoms with van der Waals surface area (Å²) < 4.78 is 0. The molecule has 118 valence electrons. The van der Waals surface area contributed by atoms with Crippen LogP contribution in [0.5, 0.6) is 0 Å². The SMILES string of the molecule is C1=CC(C(Cc2ccccc2)(c2ccccc2)C2C=CC=C2)C=C1. The molecule has 24 heavy (non-hydrogen) atoms. The van der Waals surface area contributed by atoms with Crippen LogP contribution in [0, 0.1) is 11.8 Å². The average molecular weight is 310 g/mol. The maximum atomic E-state index is 2.36. The summed E-state index contributed by atoms with van der Waals surface area (Å²) in [5.41, 5.74) is 2.82. The first-order valence-corrected chi connectivity index (χ1v) is 8.69. The molecule has 0 radical (unpaired) electrons. The first-order valence-electron chi connectivity index (χ1n) is 8.69. The topological polar surface area (TPSA) is 0 Å². The Labute approximate surface area is 144 Å². The molecule has 2 aromatic rings. The van der Waals surface area contributed by atoms with E-state index in [0.717, 1.165) is 6.42 Å². The summed E-state index contributed by atoms with van der Waals surface area (Å²) in [6.07, 6.45) is 19.2. The standard InChI is InChI=1S/C24H22/c1-3-11-20(12-4-1)19-24(22-15-7-8-16-22,23-17-9-10-18-23)21-13-5-2-6-14-21/h1-18,22-23H,19H2. The molecule has 2 aliphatic carbocycles. The van der Waals surface area contributed by atoms with Crippen molar-refractivity contribution in [1.29, 1.82) is 0 Å².